The van der Waals surface area contributed by atoms with Crippen LogP contribution < -0.4 is 24.8 Å². The predicted octanol–water partition coefficient (Wildman–Crippen LogP) is -1.82. The minimum absolute atomic E-state index is 0. The Hall–Kier alpha value is 1.43. The Morgan fingerprint density at radius 3 is 1.18 bits per heavy atom. The van der Waals surface area contributed by atoms with Crippen molar-refractivity contribution in [2.24, 2.45) is 0 Å². The van der Waals surface area contributed by atoms with Crippen molar-refractivity contribution >= 4 is 8.40 Å². The maximum Gasteiger partial charge on any atom is 4.00 e. The fourth-order valence-corrected chi connectivity index (χ4v) is 5.97. The van der Waals surface area contributed by atoms with Crippen LogP contribution >= 0.6 is 0 Å². The van der Waals surface area contributed by atoms with Crippen LogP contribution in [0.2, 0.25) is 12.1 Å². The van der Waals surface area contributed by atoms with E-state index in [1.54, 1.807) is 0 Å². The zero-order valence-corrected chi connectivity index (χ0v) is 15.8. The normalized spacial score (nSPS) is 18.0. The van der Waals surface area contributed by atoms with Crippen molar-refractivity contribution in [1.82, 2.24) is 0 Å². The Morgan fingerprint density at radius 1 is 0.765 bits per heavy atom. The largest absolute Gasteiger partial charge is 4.00 e. The second kappa shape index (κ2) is 7.88. The molecule has 6 heteroatoms. The van der Waals surface area contributed by atoms with Crippen LogP contribution in [0.5, 0.6) is 0 Å². The summed E-state index contributed by atoms with van der Waals surface area (Å²) in [7, 11) is -1.56. The third-order valence-corrected chi connectivity index (χ3v) is 6.72. The molecule has 0 spiro atoms. The van der Waals surface area contributed by atoms with Gasteiger partial charge in [0.1, 0.15) is 0 Å². The molecule has 17 heavy (non-hydrogen) atoms. The van der Waals surface area contributed by atoms with Crippen LogP contribution in [-0.2, 0) is 21.7 Å². The molecule has 0 bridgehead atoms. The molecule has 0 aromatic carbocycles. The van der Waals surface area contributed by atoms with E-state index in [-0.39, 0.29) is 57.6 Å². The van der Waals surface area contributed by atoms with E-state index in [4.69, 9.17) is 9.96 Å². The van der Waals surface area contributed by atoms with Gasteiger partial charge in [0.25, 0.3) is 0 Å². The number of rotatable bonds is 2. The molecule has 0 aromatic rings. The molecule has 0 atom stereocenters. The standard InChI is InChI=1S/C11H24N2Si.2ClH.Ti/c1-10(2,3)12-14(8-7-9-14)13-11(4,5)6;;;/h7-9H2,1-6H3;2*1H;/q-2;;;+4/p-2. The maximum absolute atomic E-state index is 5.00. The molecule has 0 amide bonds. The molecule has 0 N–H and O–H groups in total. The van der Waals surface area contributed by atoms with Crippen LogP contribution in [0.15, 0.2) is 0 Å². The summed E-state index contributed by atoms with van der Waals surface area (Å²) in [5.74, 6) is 0. The van der Waals surface area contributed by atoms with Gasteiger partial charge in [0.15, 0.2) is 0 Å². The van der Waals surface area contributed by atoms with Gasteiger partial charge in [0.2, 0.25) is 0 Å². The van der Waals surface area contributed by atoms with E-state index in [0.29, 0.717) is 0 Å². The van der Waals surface area contributed by atoms with E-state index >= 15 is 0 Å². The van der Waals surface area contributed by atoms with Gasteiger partial charge in [-0.25, -0.2) is 0 Å². The van der Waals surface area contributed by atoms with Crippen molar-refractivity contribution in [3.05, 3.63) is 9.96 Å². The van der Waals surface area contributed by atoms with Gasteiger partial charge in [0.05, 0.1) is 0 Å². The van der Waals surface area contributed by atoms with Crippen molar-refractivity contribution in [2.45, 2.75) is 71.1 Å². The van der Waals surface area contributed by atoms with E-state index in [1.807, 2.05) is 0 Å². The fraction of sp³-hybridized carbons (Fsp3) is 1.00. The van der Waals surface area contributed by atoms with Gasteiger partial charge in [-0.15, -0.1) is 11.1 Å². The van der Waals surface area contributed by atoms with Crippen molar-refractivity contribution in [2.75, 3.05) is 0 Å². The third kappa shape index (κ3) is 9.04. The predicted molar refractivity (Wildman–Crippen MR) is 66.2 cm³/mol. The molecule has 1 saturated heterocycles. The summed E-state index contributed by atoms with van der Waals surface area (Å²) in [6, 6.07) is 2.56. The van der Waals surface area contributed by atoms with Gasteiger partial charge in [-0.2, -0.15) is 8.40 Å². The molecule has 1 fully saturated rings. The van der Waals surface area contributed by atoms with Crippen molar-refractivity contribution < 1.29 is 46.5 Å². The van der Waals surface area contributed by atoms with Gasteiger partial charge < -0.3 is 34.8 Å². The fourth-order valence-electron chi connectivity index (χ4n) is 1.99. The molecule has 2 nitrogen and oxygen atoms in total. The van der Waals surface area contributed by atoms with Crippen molar-refractivity contribution in [3.63, 3.8) is 0 Å². The van der Waals surface area contributed by atoms with Crippen LogP contribution in [-0.4, -0.2) is 19.5 Å². The van der Waals surface area contributed by atoms with Crippen LogP contribution in [0.4, 0.5) is 0 Å². The molecule has 0 aromatic heterocycles. The van der Waals surface area contributed by atoms with E-state index < -0.39 is 8.40 Å². The Labute approximate surface area is 135 Å². The first kappa shape index (κ1) is 23.5. The number of nitrogens with zero attached hydrogens (tertiary/aromatic N) is 2. The summed E-state index contributed by atoms with van der Waals surface area (Å²) in [5.41, 5.74) is 0.197. The maximum atomic E-state index is 5.00. The average Bonchev–Trinajstić information content (AvgIpc) is 1.75. The van der Waals surface area contributed by atoms with Gasteiger partial charge in [-0.1, -0.05) is 60.1 Å². The summed E-state index contributed by atoms with van der Waals surface area (Å²) >= 11 is 0. The SMILES string of the molecule is CC(C)(C)[N-][Si]1([N-]C(C)(C)C)CCC1.[Cl-].[Cl-].[Ti+4]. The molecule has 0 aliphatic carbocycles. The second-order valence-corrected chi connectivity index (χ2v) is 9.81. The van der Waals surface area contributed by atoms with Gasteiger partial charge in [-0.3, -0.25) is 0 Å². The van der Waals surface area contributed by atoms with E-state index in [1.165, 1.54) is 18.5 Å². The molecule has 1 aliphatic heterocycles. The number of hydrogen-bond acceptors (Lipinski definition) is 0. The van der Waals surface area contributed by atoms with Gasteiger partial charge >= 0.3 is 21.7 Å². The summed E-state index contributed by atoms with van der Waals surface area (Å²) in [6.07, 6.45) is 1.34. The molecule has 1 rings (SSSR count). The minimum atomic E-state index is -1.56. The van der Waals surface area contributed by atoms with Crippen LogP contribution in [0, 0.1) is 0 Å². The van der Waals surface area contributed by atoms with Crippen molar-refractivity contribution in [1.29, 1.82) is 0 Å². The zero-order chi connectivity index (χ0) is 11.0. The molecule has 0 unspecified atom stereocenters. The van der Waals surface area contributed by atoms with Gasteiger partial charge in [-0.05, 0) is 0 Å². The van der Waals surface area contributed by atoms with Crippen LogP contribution in [0.1, 0.15) is 48.0 Å². The first-order valence-electron chi connectivity index (χ1n) is 5.60. The number of halogens is 2. The Kier molecular flexibility index (Phi) is 10.9. The molecular formula is C11H24Cl2N2SiTi. The first-order chi connectivity index (χ1) is 6.12. The first-order valence-corrected chi connectivity index (χ1v) is 7.91. The Morgan fingerprint density at radius 2 is 1.06 bits per heavy atom. The van der Waals surface area contributed by atoms with Gasteiger partial charge in [0, 0.05) is 0 Å². The summed E-state index contributed by atoms with van der Waals surface area (Å²) < 4.78 is 0. The second-order valence-electron chi connectivity index (χ2n) is 6.40. The Bertz CT molecular complexity index is 192. The molecule has 0 saturated carbocycles. The minimum Gasteiger partial charge on any atom is -1.00 e. The smallest absolute Gasteiger partial charge is 1.00 e. The summed E-state index contributed by atoms with van der Waals surface area (Å²) in [5, 5.41) is 0. The summed E-state index contributed by atoms with van der Waals surface area (Å²) in [4.78, 5) is 10.0. The zero-order valence-electron chi connectivity index (χ0n) is 11.8. The Balaban J connectivity index is -0.000000653. The molecule has 1 aliphatic rings. The quantitative estimate of drug-likeness (QED) is 0.534. The molecule has 100 valence electrons. The van der Waals surface area contributed by atoms with Crippen molar-refractivity contribution in [3.8, 4) is 0 Å². The third-order valence-electron chi connectivity index (χ3n) is 2.24. The van der Waals surface area contributed by atoms with E-state index in [9.17, 15) is 0 Å². The topological polar surface area (TPSA) is 28.2 Å². The van der Waals surface area contributed by atoms with Crippen LogP contribution in [0.25, 0.3) is 9.96 Å². The van der Waals surface area contributed by atoms with Crippen LogP contribution in [0.3, 0.4) is 0 Å². The molecule has 0 radical (unpaired) electrons. The number of hydrogen-bond donors (Lipinski definition) is 0. The summed E-state index contributed by atoms with van der Waals surface area (Å²) in [6.45, 7) is 13.2. The average molecular weight is 331 g/mol. The monoisotopic (exact) mass is 330 g/mol. The molecule has 1 heterocycles. The molecular weight excluding hydrogens is 307 g/mol. The van der Waals surface area contributed by atoms with E-state index in [0.717, 1.165) is 0 Å². The van der Waals surface area contributed by atoms with E-state index in [2.05, 4.69) is 41.5 Å².